The van der Waals surface area contributed by atoms with Crippen molar-refractivity contribution in [2.24, 2.45) is 0 Å². The summed E-state index contributed by atoms with van der Waals surface area (Å²) in [7, 11) is 0. The topological polar surface area (TPSA) is 45.8 Å². The van der Waals surface area contributed by atoms with Gasteiger partial charge in [0.25, 0.3) is 0 Å². The van der Waals surface area contributed by atoms with Gasteiger partial charge in [0.15, 0.2) is 10.9 Å². The number of hydrogen-bond donors (Lipinski definition) is 1. The van der Waals surface area contributed by atoms with Gasteiger partial charge >= 0.3 is 0 Å². The first-order valence-electron chi connectivity index (χ1n) is 3.40. The molecule has 62 valence electrons. The van der Waals surface area contributed by atoms with E-state index < -0.39 is 0 Å². The first kappa shape index (κ1) is 8.88. The molecule has 0 atom stereocenters. The van der Waals surface area contributed by atoms with E-state index in [1.165, 1.54) is 18.7 Å². The molecule has 0 saturated heterocycles. The summed E-state index contributed by atoms with van der Waals surface area (Å²) in [5.41, 5.74) is 0. The molecule has 1 rings (SSSR count). The summed E-state index contributed by atoms with van der Waals surface area (Å²) in [5, 5.41) is 0.0868. The van der Waals surface area contributed by atoms with Crippen molar-refractivity contribution in [1.29, 1.82) is 0 Å². The molecule has 0 radical (unpaired) electrons. The molecule has 1 N–H and O–H groups in total. The average Bonchev–Trinajstić information content (AvgIpc) is 2.49. The Morgan fingerprint density at radius 1 is 1.83 bits per heavy atom. The predicted octanol–water partition coefficient (Wildman–Crippen LogP) is 1.04. The number of rotatable bonds is 1. The number of aromatic amines is 1. The van der Waals surface area contributed by atoms with E-state index in [1.54, 1.807) is 12.4 Å². The molecule has 1 aromatic heterocycles. The molecule has 0 amide bonds. The van der Waals surface area contributed by atoms with Crippen LogP contribution in [0.5, 0.6) is 0 Å². The number of imidazole rings is 1. The van der Waals surface area contributed by atoms with Crippen molar-refractivity contribution in [1.82, 2.24) is 9.97 Å². The average molecular weight is 180 g/mol. The lowest BCUT2D eigenvalue weighted by Crippen LogP contribution is -1.82. The molecule has 0 aliphatic rings. The van der Waals surface area contributed by atoms with Crippen molar-refractivity contribution in [2.45, 2.75) is 6.92 Å². The number of thioether (sulfide) groups is 1. The Kier molecular flexibility index (Phi) is 3.42. The van der Waals surface area contributed by atoms with Crippen molar-refractivity contribution in [2.75, 3.05) is 5.75 Å². The molecule has 0 spiro atoms. The van der Waals surface area contributed by atoms with Crippen LogP contribution in [0.2, 0.25) is 0 Å². The predicted molar refractivity (Wildman–Crippen MR) is 48.6 cm³/mol. The molecule has 0 saturated carbocycles. The lowest BCUT2D eigenvalue weighted by Gasteiger charge is -1.83. The Morgan fingerprint density at radius 2 is 2.67 bits per heavy atom. The Hall–Kier alpha value is -1.21. The zero-order chi connectivity index (χ0) is 8.81. The number of aromatic nitrogens is 2. The summed E-state index contributed by atoms with van der Waals surface area (Å²) in [6.45, 7) is 1.53. The summed E-state index contributed by atoms with van der Waals surface area (Å²) in [6.07, 6.45) is 3.35. The van der Waals surface area contributed by atoms with Gasteiger partial charge in [-0.3, -0.25) is 4.79 Å². The highest BCUT2D eigenvalue weighted by Crippen LogP contribution is 1.98. The normalized spacial score (nSPS) is 8.75. The second kappa shape index (κ2) is 4.62. The fraction of sp³-hybridized carbons (Fsp3) is 0.250. The first-order valence-corrected chi connectivity index (χ1v) is 4.39. The van der Waals surface area contributed by atoms with Crippen LogP contribution in [0, 0.1) is 11.8 Å². The molecule has 0 fully saturated rings. The highest BCUT2D eigenvalue weighted by Gasteiger charge is 1.89. The Morgan fingerprint density at radius 3 is 3.25 bits per heavy atom. The third kappa shape index (κ3) is 3.26. The van der Waals surface area contributed by atoms with Crippen LogP contribution in [-0.2, 0) is 4.79 Å². The molecule has 4 heteroatoms. The van der Waals surface area contributed by atoms with Crippen molar-refractivity contribution in [3.63, 3.8) is 0 Å². The second-order valence-corrected chi connectivity index (χ2v) is 3.17. The smallest absolute Gasteiger partial charge is 0.186 e. The third-order valence-corrected chi connectivity index (χ3v) is 1.75. The summed E-state index contributed by atoms with van der Waals surface area (Å²) < 4.78 is 0. The fourth-order valence-corrected chi connectivity index (χ4v) is 0.939. The van der Waals surface area contributed by atoms with Gasteiger partial charge in [0.2, 0.25) is 0 Å². The van der Waals surface area contributed by atoms with Crippen molar-refractivity contribution >= 4 is 16.9 Å². The second-order valence-electron chi connectivity index (χ2n) is 2.02. The molecule has 0 bridgehead atoms. The van der Waals surface area contributed by atoms with Gasteiger partial charge < -0.3 is 4.98 Å². The Balaban J connectivity index is 2.35. The van der Waals surface area contributed by atoms with Gasteiger partial charge in [0.1, 0.15) is 0 Å². The molecule has 0 aliphatic heterocycles. The van der Waals surface area contributed by atoms with Gasteiger partial charge in [0, 0.05) is 19.3 Å². The van der Waals surface area contributed by atoms with E-state index >= 15 is 0 Å². The van der Waals surface area contributed by atoms with Crippen LogP contribution in [0.3, 0.4) is 0 Å². The fourth-order valence-electron chi connectivity index (χ4n) is 0.591. The SMILES string of the molecule is CC(=O)SCC#Cc1ncc[nH]1. The van der Waals surface area contributed by atoms with E-state index in [0.29, 0.717) is 11.6 Å². The van der Waals surface area contributed by atoms with Crippen LogP contribution in [0.15, 0.2) is 12.4 Å². The van der Waals surface area contributed by atoms with Crippen LogP contribution < -0.4 is 0 Å². The molecular weight excluding hydrogens is 172 g/mol. The van der Waals surface area contributed by atoms with Crippen molar-refractivity contribution in [3.8, 4) is 11.8 Å². The molecular formula is C8H8N2OS. The maximum Gasteiger partial charge on any atom is 0.186 e. The van der Waals surface area contributed by atoms with Gasteiger partial charge in [-0.15, -0.1) is 0 Å². The Bertz CT molecular complexity index is 308. The minimum atomic E-state index is 0.0868. The monoisotopic (exact) mass is 180 g/mol. The van der Waals surface area contributed by atoms with E-state index in [1.807, 2.05) is 0 Å². The van der Waals surface area contributed by atoms with Gasteiger partial charge in [-0.25, -0.2) is 4.98 Å². The minimum absolute atomic E-state index is 0.0868. The van der Waals surface area contributed by atoms with Gasteiger partial charge in [-0.1, -0.05) is 17.7 Å². The maximum absolute atomic E-state index is 10.5. The number of nitrogens with zero attached hydrogens (tertiary/aromatic N) is 1. The molecule has 0 aromatic carbocycles. The summed E-state index contributed by atoms with van der Waals surface area (Å²) in [6, 6.07) is 0. The molecule has 0 unspecified atom stereocenters. The Labute approximate surface area is 75.0 Å². The number of carbonyl (C=O) groups is 1. The van der Waals surface area contributed by atoms with Crippen LogP contribution in [0.1, 0.15) is 12.7 Å². The summed E-state index contributed by atoms with van der Waals surface area (Å²) in [4.78, 5) is 17.2. The minimum Gasteiger partial charge on any atom is -0.338 e. The highest BCUT2D eigenvalue weighted by atomic mass is 32.2. The molecule has 3 nitrogen and oxygen atoms in total. The number of H-pyrrole nitrogens is 1. The summed E-state index contributed by atoms with van der Waals surface area (Å²) >= 11 is 1.20. The van der Waals surface area contributed by atoms with Crippen molar-refractivity contribution in [3.05, 3.63) is 18.2 Å². The molecule has 12 heavy (non-hydrogen) atoms. The molecule has 1 aromatic rings. The van der Waals surface area contributed by atoms with Crippen molar-refractivity contribution < 1.29 is 4.79 Å². The van der Waals surface area contributed by atoms with Gasteiger partial charge in [0.05, 0.1) is 5.75 Å². The quantitative estimate of drug-likeness (QED) is 0.657. The largest absolute Gasteiger partial charge is 0.338 e. The van der Waals surface area contributed by atoms with Crippen LogP contribution in [0.25, 0.3) is 0 Å². The first-order chi connectivity index (χ1) is 5.79. The summed E-state index contributed by atoms with van der Waals surface area (Å²) in [5.74, 6) is 6.77. The lowest BCUT2D eigenvalue weighted by molar-refractivity contribution is -0.109. The number of nitrogens with one attached hydrogen (secondary N) is 1. The van der Waals surface area contributed by atoms with Crippen LogP contribution >= 0.6 is 11.8 Å². The standard InChI is InChI=1S/C8H8N2OS/c1-7(11)12-6-2-3-8-9-4-5-10-8/h4-5H,6H2,1H3,(H,9,10). The lowest BCUT2D eigenvalue weighted by atomic mass is 10.6. The third-order valence-electron chi connectivity index (χ3n) is 1.05. The van der Waals surface area contributed by atoms with Crippen LogP contribution in [0.4, 0.5) is 0 Å². The van der Waals surface area contributed by atoms with E-state index in [2.05, 4.69) is 21.8 Å². The zero-order valence-electron chi connectivity index (χ0n) is 6.63. The zero-order valence-corrected chi connectivity index (χ0v) is 7.44. The van der Waals surface area contributed by atoms with E-state index in [9.17, 15) is 4.79 Å². The molecule has 0 aliphatic carbocycles. The van der Waals surface area contributed by atoms with Gasteiger partial charge in [-0.05, 0) is 5.92 Å². The van der Waals surface area contributed by atoms with E-state index in [0.717, 1.165) is 0 Å². The van der Waals surface area contributed by atoms with Crippen LogP contribution in [-0.4, -0.2) is 20.8 Å². The number of hydrogen-bond acceptors (Lipinski definition) is 3. The maximum atomic E-state index is 10.5. The highest BCUT2D eigenvalue weighted by molar-refractivity contribution is 8.13. The van der Waals surface area contributed by atoms with E-state index in [4.69, 9.17) is 0 Å². The molecule has 1 heterocycles. The van der Waals surface area contributed by atoms with E-state index in [-0.39, 0.29) is 5.12 Å². The number of carbonyl (C=O) groups excluding carboxylic acids is 1. The van der Waals surface area contributed by atoms with Gasteiger partial charge in [-0.2, -0.15) is 0 Å².